The summed E-state index contributed by atoms with van der Waals surface area (Å²) in [5.41, 5.74) is 0.600. The van der Waals surface area contributed by atoms with E-state index in [1.165, 1.54) is 25.3 Å². The van der Waals surface area contributed by atoms with Crippen molar-refractivity contribution in [2.75, 3.05) is 20.3 Å². The first kappa shape index (κ1) is 32.0. The second-order valence-corrected chi connectivity index (χ2v) is 10.9. The molecule has 0 aliphatic heterocycles. The number of alkyl halides is 3. The zero-order valence-electron chi connectivity index (χ0n) is 24.0. The number of carbonyl (C=O) groups excluding carboxylic acids is 2. The summed E-state index contributed by atoms with van der Waals surface area (Å²) < 4.78 is 70.7. The van der Waals surface area contributed by atoms with Gasteiger partial charge in [-0.3, -0.25) is 14.3 Å². The number of pyridine rings is 1. The molecule has 0 spiro atoms. The normalized spacial score (nSPS) is 14.7. The van der Waals surface area contributed by atoms with Gasteiger partial charge in [0, 0.05) is 28.3 Å². The fourth-order valence-corrected chi connectivity index (χ4v) is 5.12. The first-order valence-corrected chi connectivity index (χ1v) is 14.2. The Hall–Kier alpha value is -4.43. The van der Waals surface area contributed by atoms with Crippen LogP contribution >= 0.6 is 11.6 Å². The van der Waals surface area contributed by atoms with Crippen molar-refractivity contribution in [2.24, 2.45) is 5.73 Å². The zero-order valence-corrected chi connectivity index (χ0v) is 24.8. The number of nitrogens with zero attached hydrogens (tertiary/aromatic N) is 3. The summed E-state index contributed by atoms with van der Waals surface area (Å²) >= 11 is 6.22. The molecule has 1 aliphatic rings. The average molecular weight is 650 g/mol. The van der Waals surface area contributed by atoms with Crippen molar-refractivity contribution in [1.29, 1.82) is 0 Å². The molecule has 1 saturated carbocycles. The molecule has 2 amide bonds. The van der Waals surface area contributed by atoms with Gasteiger partial charge in [0.05, 0.1) is 43.4 Å². The maximum absolute atomic E-state index is 14.7. The number of hydrogen-bond donors (Lipinski definition) is 3. The Labute approximate surface area is 259 Å². The molecule has 0 bridgehead atoms. The predicted molar refractivity (Wildman–Crippen MR) is 156 cm³/mol. The lowest BCUT2D eigenvalue weighted by molar-refractivity contribution is -0.265. The summed E-state index contributed by atoms with van der Waals surface area (Å²) in [4.78, 5) is 29.2. The molecule has 1 fully saturated rings. The Morgan fingerprint density at radius 2 is 1.93 bits per heavy atom. The Kier molecular flexibility index (Phi) is 8.64. The van der Waals surface area contributed by atoms with Crippen LogP contribution in [0.25, 0.3) is 22.2 Å². The van der Waals surface area contributed by atoms with Crippen molar-refractivity contribution in [3.05, 3.63) is 70.3 Å². The number of amides is 2. The second kappa shape index (κ2) is 12.2. The van der Waals surface area contributed by atoms with Crippen LogP contribution in [0.4, 0.5) is 17.6 Å². The Morgan fingerprint density at radius 1 is 1.20 bits per heavy atom. The number of rotatable bonds is 11. The third-order valence-corrected chi connectivity index (χ3v) is 7.59. The number of nitrogens with two attached hydrogens (primary N) is 1. The third kappa shape index (κ3) is 6.38. The molecule has 1 aliphatic carbocycles. The molecule has 4 aromatic rings. The SMILES string of the molecule is CCOc1c(CC(N)=O)cc([C@@](O)(CNC(=O)c2cc(OC)c3nn(C4CC4)cc3c2)C(F)(F)F)nc1-c1ccc(F)cc1Cl. The molecule has 5 rings (SSSR count). The van der Waals surface area contributed by atoms with Crippen molar-refractivity contribution in [1.82, 2.24) is 20.1 Å². The van der Waals surface area contributed by atoms with Gasteiger partial charge in [0.1, 0.15) is 28.5 Å². The number of methoxy groups -OCH3 is 1. The highest BCUT2D eigenvalue weighted by atomic mass is 35.5. The number of primary amides is 1. The highest BCUT2D eigenvalue weighted by Crippen LogP contribution is 2.43. The number of hydrogen-bond acceptors (Lipinski definition) is 7. The topological polar surface area (TPSA) is 142 Å². The molecule has 2 aromatic heterocycles. The van der Waals surface area contributed by atoms with Crippen LogP contribution in [0.1, 0.15) is 47.4 Å². The summed E-state index contributed by atoms with van der Waals surface area (Å²) in [5.74, 6) is -2.47. The fourth-order valence-electron chi connectivity index (χ4n) is 4.87. The number of carbonyl (C=O) groups is 2. The van der Waals surface area contributed by atoms with E-state index in [0.29, 0.717) is 10.9 Å². The van der Waals surface area contributed by atoms with Gasteiger partial charge >= 0.3 is 6.18 Å². The number of halogens is 5. The van der Waals surface area contributed by atoms with E-state index in [1.807, 2.05) is 0 Å². The minimum Gasteiger partial charge on any atom is -0.494 e. The smallest absolute Gasteiger partial charge is 0.424 e. The van der Waals surface area contributed by atoms with E-state index in [4.69, 9.17) is 26.8 Å². The van der Waals surface area contributed by atoms with Crippen LogP contribution in [-0.2, 0) is 16.8 Å². The van der Waals surface area contributed by atoms with Crippen LogP contribution in [-0.4, -0.2) is 58.1 Å². The van der Waals surface area contributed by atoms with Gasteiger partial charge in [-0.2, -0.15) is 18.3 Å². The molecule has 45 heavy (non-hydrogen) atoms. The highest BCUT2D eigenvalue weighted by Gasteiger charge is 2.57. The van der Waals surface area contributed by atoms with Crippen LogP contribution in [0.15, 0.2) is 42.6 Å². The van der Waals surface area contributed by atoms with Crippen LogP contribution < -0.4 is 20.5 Å². The van der Waals surface area contributed by atoms with Crippen molar-refractivity contribution in [3.8, 4) is 22.8 Å². The fraction of sp³-hybridized carbons (Fsp3) is 0.333. The van der Waals surface area contributed by atoms with Crippen molar-refractivity contribution >= 4 is 34.3 Å². The standard InChI is InChI=1S/C30H28ClF4N5O5/c1-3-45-27-15(11-24(36)41)10-23(38-26(27)20-7-4-18(32)12-21(20)31)29(43,30(33,34)35)14-37-28(42)16-8-17-13-40(19-5-6-19)39-25(17)22(9-16)44-2/h4,7-10,12-13,19,43H,3,5-6,11,14H2,1-2H3,(H2,36,41)(H,37,42)/t29-/m0/s1. The Balaban J connectivity index is 1.56. The van der Waals surface area contributed by atoms with Crippen molar-refractivity contribution in [3.63, 3.8) is 0 Å². The van der Waals surface area contributed by atoms with Gasteiger partial charge in [-0.1, -0.05) is 11.6 Å². The number of ether oxygens (including phenoxy) is 2. The first-order valence-electron chi connectivity index (χ1n) is 13.8. The van der Waals surface area contributed by atoms with Crippen LogP contribution in [0.5, 0.6) is 11.5 Å². The lowest BCUT2D eigenvalue weighted by atomic mass is 9.93. The lowest BCUT2D eigenvalue weighted by Gasteiger charge is -2.31. The quantitative estimate of drug-likeness (QED) is 0.198. The van der Waals surface area contributed by atoms with Gasteiger partial charge in [-0.05, 0) is 56.2 Å². The average Bonchev–Trinajstić information content (AvgIpc) is 3.73. The van der Waals surface area contributed by atoms with E-state index in [9.17, 15) is 32.3 Å². The second-order valence-electron chi connectivity index (χ2n) is 10.5. The molecule has 0 radical (unpaired) electrons. The van der Waals surface area contributed by atoms with Crippen LogP contribution in [0, 0.1) is 5.82 Å². The summed E-state index contributed by atoms with van der Waals surface area (Å²) in [6.45, 7) is 0.221. The molecule has 15 heteroatoms. The van der Waals surface area contributed by atoms with Gasteiger partial charge < -0.3 is 25.6 Å². The molecule has 1 atom stereocenters. The van der Waals surface area contributed by atoms with Crippen molar-refractivity contribution in [2.45, 2.75) is 44.0 Å². The van der Waals surface area contributed by atoms with E-state index >= 15 is 0 Å². The van der Waals surface area contributed by atoms with Gasteiger partial charge in [0.2, 0.25) is 11.5 Å². The maximum atomic E-state index is 14.7. The molecule has 2 heterocycles. The van der Waals surface area contributed by atoms with E-state index in [2.05, 4.69) is 15.4 Å². The Morgan fingerprint density at radius 3 is 2.53 bits per heavy atom. The Bertz CT molecular complexity index is 1790. The molecular weight excluding hydrogens is 622 g/mol. The predicted octanol–water partition coefficient (Wildman–Crippen LogP) is 4.84. The van der Waals surface area contributed by atoms with Crippen molar-refractivity contribution < 1.29 is 41.7 Å². The molecule has 2 aromatic carbocycles. The third-order valence-electron chi connectivity index (χ3n) is 7.28. The minimum atomic E-state index is -5.39. The van der Waals surface area contributed by atoms with Gasteiger partial charge in [-0.25, -0.2) is 9.37 Å². The number of fused-ring (bicyclic) bond motifs is 1. The molecule has 238 valence electrons. The number of aliphatic hydroxyl groups is 1. The minimum absolute atomic E-state index is 0.00552. The van der Waals surface area contributed by atoms with E-state index in [0.717, 1.165) is 31.0 Å². The van der Waals surface area contributed by atoms with Gasteiger partial charge in [0.25, 0.3) is 5.91 Å². The maximum Gasteiger partial charge on any atom is 0.424 e. The monoisotopic (exact) mass is 649 g/mol. The number of benzene rings is 2. The van der Waals surface area contributed by atoms with Crippen LogP contribution in [0.2, 0.25) is 5.02 Å². The number of aromatic nitrogens is 3. The molecule has 4 N–H and O–H groups in total. The van der Waals surface area contributed by atoms with E-state index in [1.54, 1.807) is 17.8 Å². The summed E-state index contributed by atoms with van der Waals surface area (Å²) in [7, 11) is 1.38. The van der Waals surface area contributed by atoms with Gasteiger partial charge in [0.15, 0.2) is 0 Å². The van der Waals surface area contributed by atoms with Crippen LogP contribution in [0.3, 0.4) is 0 Å². The first-order chi connectivity index (χ1) is 21.2. The summed E-state index contributed by atoms with van der Waals surface area (Å²) in [5, 5.41) is 18.2. The highest BCUT2D eigenvalue weighted by molar-refractivity contribution is 6.33. The van der Waals surface area contributed by atoms with Gasteiger partial charge in [-0.15, -0.1) is 0 Å². The van der Waals surface area contributed by atoms with E-state index < -0.39 is 48.1 Å². The lowest BCUT2D eigenvalue weighted by Crippen LogP contribution is -2.51. The zero-order chi connectivity index (χ0) is 32.7. The summed E-state index contributed by atoms with van der Waals surface area (Å²) in [6, 6.07) is 6.96. The largest absolute Gasteiger partial charge is 0.494 e. The molecule has 0 unspecified atom stereocenters. The molecule has 0 saturated heterocycles. The van der Waals surface area contributed by atoms with E-state index in [-0.39, 0.29) is 51.6 Å². The summed E-state index contributed by atoms with van der Waals surface area (Å²) in [6.07, 6.45) is -2.35. The molecule has 10 nitrogen and oxygen atoms in total. The molecular formula is C30H28ClF4N5O5. The number of nitrogens with one attached hydrogen (secondary N) is 1.